The largest absolute Gasteiger partial charge is 0.451 e. The van der Waals surface area contributed by atoms with Crippen LogP contribution in [0.5, 0.6) is 0 Å². The van der Waals surface area contributed by atoms with Gasteiger partial charge in [0.05, 0.1) is 5.02 Å². The summed E-state index contributed by atoms with van der Waals surface area (Å²) < 4.78 is 5.68. The van der Waals surface area contributed by atoms with E-state index in [1.54, 1.807) is 60.7 Å². The van der Waals surface area contributed by atoms with Crippen LogP contribution in [0.2, 0.25) is 10.0 Å². The first kappa shape index (κ1) is 21.7. The van der Waals surface area contributed by atoms with Gasteiger partial charge in [-0.3, -0.25) is 9.59 Å². The Kier molecular flexibility index (Phi) is 6.30. The smallest absolute Gasteiger partial charge is 0.291 e. The molecule has 0 unspecified atom stereocenters. The molecule has 5 nitrogen and oxygen atoms in total. The van der Waals surface area contributed by atoms with Gasteiger partial charge >= 0.3 is 0 Å². The molecule has 0 aliphatic carbocycles. The number of hydrogen-bond donors (Lipinski definition) is 2. The van der Waals surface area contributed by atoms with Crippen molar-refractivity contribution in [2.45, 2.75) is 6.92 Å². The van der Waals surface area contributed by atoms with Crippen molar-refractivity contribution in [2.24, 2.45) is 0 Å². The zero-order valence-electron chi connectivity index (χ0n) is 17.0. The minimum atomic E-state index is -0.427. The lowest BCUT2D eigenvalue weighted by molar-refractivity contribution is 0.0995. The van der Waals surface area contributed by atoms with Crippen molar-refractivity contribution in [2.75, 3.05) is 10.6 Å². The van der Waals surface area contributed by atoms with Crippen LogP contribution in [0.4, 0.5) is 11.4 Å². The van der Waals surface area contributed by atoms with Gasteiger partial charge in [0.15, 0.2) is 5.76 Å². The first-order valence-electron chi connectivity index (χ1n) is 9.74. The van der Waals surface area contributed by atoms with E-state index in [0.29, 0.717) is 38.3 Å². The first-order chi connectivity index (χ1) is 15.4. The summed E-state index contributed by atoms with van der Waals surface area (Å²) in [5.74, 6) is -0.0674. The summed E-state index contributed by atoms with van der Waals surface area (Å²) in [7, 11) is 0. The minimum Gasteiger partial charge on any atom is -0.451 e. The Labute approximate surface area is 195 Å². The minimum absolute atomic E-state index is 0.125. The summed E-state index contributed by atoms with van der Waals surface area (Å²) >= 11 is 12.1. The summed E-state index contributed by atoms with van der Waals surface area (Å²) in [5, 5.41) is 6.56. The number of nitrogens with one attached hydrogen (secondary N) is 2. The molecular formula is C25H18Cl2N2O3. The van der Waals surface area contributed by atoms with E-state index in [1.807, 2.05) is 25.1 Å². The van der Waals surface area contributed by atoms with E-state index < -0.39 is 5.91 Å². The van der Waals surface area contributed by atoms with Crippen molar-refractivity contribution in [1.29, 1.82) is 0 Å². The Morgan fingerprint density at radius 2 is 1.50 bits per heavy atom. The van der Waals surface area contributed by atoms with Crippen LogP contribution in [0.25, 0.3) is 11.3 Å². The number of benzene rings is 3. The van der Waals surface area contributed by atoms with Gasteiger partial charge in [0.25, 0.3) is 11.8 Å². The number of rotatable bonds is 5. The van der Waals surface area contributed by atoms with E-state index in [4.69, 9.17) is 27.6 Å². The van der Waals surface area contributed by atoms with E-state index in [-0.39, 0.29) is 11.7 Å². The molecule has 3 aromatic carbocycles. The number of halogens is 2. The zero-order valence-corrected chi connectivity index (χ0v) is 18.5. The van der Waals surface area contributed by atoms with E-state index >= 15 is 0 Å². The number of hydrogen-bond acceptors (Lipinski definition) is 3. The van der Waals surface area contributed by atoms with Crippen LogP contribution >= 0.6 is 23.2 Å². The van der Waals surface area contributed by atoms with Crippen molar-refractivity contribution in [3.8, 4) is 11.3 Å². The normalized spacial score (nSPS) is 10.6. The molecule has 0 aliphatic heterocycles. The predicted octanol–water partition coefficient (Wildman–Crippen LogP) is 7.07. The molecule has 0 aliphatic rings. The number of aryl methyl sites for hydroxylation is 1. The molecule has 32 heavy (non-hydrogen) atoms. The molecule has 7 heteroatoms. The average Bonchev–Trinajstić information content (AvgIpc) is 3.24. The van der Waals surface area contributed by atoms with Gasteiger partial charge < -0.3 is 15.1 Å². The topological polar surface area (TPSA) is 71.3 Å². The molecule has 0 spiro atoms. The maximum atomic E-state index is 12.7. The Hall–Kier alpha value is -3.54. The van der Waals surface area contributed by atoms with Crippen LogP contribution in [0, 0.1) is 6.92 Å². The highest BCUT2D eigenvalue weighted by molar-refractivity contribution is 6.36. The van der Waals surface area contributed by atoms with Gasteiger partial charge in [-0.05, 0) is 67.1 Å². The van der Waals surface area contributed by atoms with E-state index in [9.17, 15) is 9.59 Å². The molecule has 1 aromatic heterocycles. The van der Waals surface area contributed by atoms with Crippen LogP contribution in [0.1, 0.15) is 26.5 Å². The standard InChI is InChI=1S/C25H18Cl2N2O3/c1-15-5-2-3-8-19(15)24(30)28-17-6-4-7-18(14-17)29-25(31)23-12-11-22(32-23)20-10-9-16(26)13-21(20)27/h2-14H,1H3,(H,28,30)(H,29,31). The zero-order chi connectivity index (χ0) is 22.7. The highest BCUT2D eigenvalue weighted by Gasteiger charge is 2.15. The third-order valence-corrected chi connectivity index (χ3v) is 5.34. The molecular weight excluding hydrogens is 447 g/mol. The molecule has 2 N–H and O–H groups in total. The number of amides is 2. The SMILES string of the molecule is Cc1ccccc1C(=O)Nc1cccc(NC(=O)c2ccc(-c3ccc(Cl)cc3Cl)o2)c1. The molecule has 1 heterocycles. The Morgan fingerprint density at radius 1 is 0.781 bits per heavy atom. The third kappa shape index (κ3) is 4.85. The average molecular weight is 465 g/mol. The maximum Gasteiger partial charge on any atom is 0.291 e. The molecule has 4 rings (SSSR count). The lowest BCUT2D eigenvalue weighted by Gasteiger charge is -2.09. The van der Waals surface area contributed by atoms with Gasteiger partial charge in [0.2, 0.25) is 0 Å². The molecule has 0 radical (unpaired) electrons. The van der Waals surface area contributed by atoms with Gasteiger partial charge in [-0.2, -0.15) is 0 Å². The van der Waals surface area contributed by atoms with Crippen LogP contribution in [0.15, 0.2) is 83.3 Å². The highest BCUT2D eigenvalue weighted by atomic mass is 35.5. The van der Waals surface area contributed by atoms with Crippen molar-refractivity contribution < 1.29 is 14.0 Å². The van der Waals surface area contributed by atoms with E-state index in [0.717, 1.165) is 5.56 Å². The summed E-state index contributed by atoms with van der Waals surface area (Å²) in [6, 6.07) is 22.5. The number of carbonyl (C=O) groups is 2. The summed E-state index contributed by atoms with van der Waals surface area (Å²) in [6.45, 7) is 1.88. The van der Waals surface area contributed by atoms with E-state index in [1.165, 1.54) is 0 Å². The lowest BCUT2D eigenvalue weighted by Crippen LogP contribution is -2.14. The van der Waals surface area contributed by atoms with Gasteiger partial charge in [-0.1, -0.05) is 47.5 Å². The lowest BCUT2D eigenvalue weighted by atomic mass is 10.1. The number of furan rings is 1. The van der Waals surface area contributed by atoms with Gasteiger partial charge in [0.1, 0.15) is 5.76 Å². The first-order valence-corrected chi connectivity index (χ1v) is 10.5. The summed E-state index contributed by atoms with van der Waals surface area (Å²) in [5.41, 5.74) is 3.18. The van der Waals surface area contributed by atoms with Crippen molar-refractivity contribution in [1.82, 2.24) is 0 Å². The molecule has 0 saturated carbocycles. The van der Waals surface area contributed by atoms with Crippen LogP contribution in [-0.2, 0) is 0 Å². The fourth-order valence-electron chi connectivity index (χ4n) is 3.19. The monoisotopic (exact) mass is 464 g/mol. The van der Waals surface area contributed by atoms with Crippen LogP contribution < -0.4 is 10.6 Å². The quantitative estimate of drug-likeness (QED) is 0.331. The molecule has 0 saturated heterocycles. The van der Waals surface area contributed by atoms with Crippen molar-refractivity contribution in [3.05, 3.63) is 106 Å². The Morgan fingerprint density at radius 3 is 2.22 bits per heavy atom. The van der Waals surface area contributed by atoms with Crippen molar-refractivity contribution >= 4 is 46.4 Å². The summed E-state index contributed by atoms with van der Waals surface area (Å²) in [6.07, 6.45) is 0. The second kappa shape index (κ2) is 9.30. The Balaban J connectivity index is 1.47. The number of carbonyl (C=O) groups excluding carboxylic acids is 2. The van der Waals surface area contributed by atoms with Crippen LogP contribution in [-0.4, -0.2) is 11.8 Å². The van der Waals surface area contributed by atoms with Crippen LogP contribution in [0.3, 0.4) is 0 Å². The second-order valence-corrected chi connectivity index (χ2v) is 7.94. The van der Waals surface area contributed by atoms with Gasteiger partial charge in [-0.15, -0.1) is 0 Å². The van der Waals surface area contributed by atoms with Gasteiger partial charge in [0, 0.05) is 27.5 Å². The Bertz CT molecular complexity index is 1310. The maximum absolute atomic E-state index is 12.7. The molecule has 0 atom stereocenters. The summed E-state index contributed by atoms with van der Waals surface area (Å²) in [4.78, 5) is 25.2. The molecule has 4 aromatic rings. The van der Waals surface area contributed by atoms with Crippen molar-refractivity contribution in [3.63, 3.8) is 0 Å². The number of anilines is 2. The fraction of sp³-hybridized carbons (Fsp3) is 0.0400. The molecule has 2 amide bonds. The fourth-order valence-corrected chi connectivity index (χ4v) is 3.69. The molecule has 0 fully saturated rings. The molecule has 160 valence electrons. The molecule has 0 bridgehead atoms. The van der Waals surface area contributed by atoms with E-state index in [2.05, 4.69) is 10.6 Å². The highest BCUT2D eigenvalue weighted by Crippen LogP contribution is 2.31. The third-order valence-electron chi connectivity index (χ3n) is 4.79. The predicted molar refractivity (Wildman–Crippen MR) is 128 cm³/mol. The van der Waals surface area contributed by atoms with Gasteiger partial charge in [-0.25, -0.2) is 0 Å². The second-order valence-electron chi connectivity index (χ2n) is 7.09.